The fourth-order valence-electron chi connectivity index (χ4n) is 2.39. The van der Waals surface area contributed by atoms with E-state index in [1.54, 1.807) is 7.11 Å². The first-order valence-electron chi connectivity index (χ1n) is 6.90. The Kier molecular flexibility index (Phi) is 4.91. The van der Waals surface area contributed by atoms with E-state index in [9.17, 15) is 8.78 Å². The number of ether oxygens (including phenoxy) is 1. The van der Waals surface area contributed by atoms with Crippen molar-refractivity contribution in [2.24, 2.45) is 0 Å². The second-order valence-corrected chi connectivity index (χ2v) is 4.86. The number of methoxy groups -OCH3 is 1. The van der Waals surface area contributed by atoms with Gasteiger partial charge in [-0.15, -0.1) is 0 Å². The highest BCUT2D eigenvalue weighted by molar-refractivity contribution is 5.42. The highest BCUT2D eigenvalue weighted by Gasteiger charge is 2.21. The van der Waals surface area contributed by atoms with Gasteiger partial charge >= 0.3 is 0 Å². The molecule has 2 rings (SSSR count). The van der Waals surface area contributed by atoms with Gasteiger partial charge in [-0.2, -0.15) is 0 Å². The minimum Gasteiger partial charge on any atom is -0.496 e. The Bertz CT molecular complexity index is 608. The van der Waals surface area contributed by atoms with Crippen LogP contribution in [0.15, 0.2) is 36.4 Å². The lowest BCUT2D eigenvalue weighted by molar-refractivity contribution is 0.410. The van der Waals surface area contributed by atoms with Crippen molar-refractivity contribution in [3.8, 4) is 5.75 Å². The smallest absolute Gasteiger partial charge is 0.131 e. The molecular formula is C17H19F2NO. The number of halogens is 2. The Labute approximate surface area is 123 Å². The molecule has 2 aromatic carbocycles. The Hall–Kier alpha value is -1.94. The fraction of sp³-hybridized carbons (Fsp3) is 0.294. The van der Waals surface area contributed by atoms with Gasteiger partial charge in [-0.3, -0.25) is 0 Å². The Morgan fingerprint density at radius 1 is 1.14 bits per heavy atom. The second-order valence-electron chi connectivity index (χ2n) is 4.86. The van der Waals surface area contributed by atoms with Crippen LogP contribution in [0, 0.1) is 18.6 Å². The Balaban J connectivity index is 2.53. The molecular weight excluding hydrogens is 272 g/mol. The van der Waals surface area contributed by atoms with E-state index in [0.29, 0.717) is 12.3 Å². The summed E-state index contributed by atoms with van der Waals surface area (Å²) in [6, 6.07) is 8.92. The molecule has 0 saturated heterocycles. The molecule has 2 nitrogen and oxygen atoms in total. The molecule has 1 unspecified atom stereocenters. The SMILES string of the molecule is CCNC(c1ccc(C)c(OC)c1)c1c(F)cccc1F. The van der Waals surface area contributed by atoms with Gasteiger partial charge < -0.3 is 10.1 Å². The number of hydrogen-bond donors (Lipinski definition) is 1. The standard InChI is InChI=1S/C17H19F2NO/c1-4-20-17(16-13(18)6-5-7-14(16)19)12-9-8-11(2)15(10-12)21-3/h5-10,17,20H,4H2,1-3H3. The molecule has 0 saturated carbocycles. The first-order valence-corrected chi connectivity index (χ1v) is 6.90. The van der Waals surface area contributed by atoms with E-state index in [4.69, 9.17) is 4.74 Å². The predicted molar refractivity (Wildman–Crippen MR) is 79.6 cm³/mol. The first kappa shape index (κ1) is 15.4. The van der Waals surface area contributed by atoms with Crippen LogP contribution in [-0.4, -0.2) is 13.7 Å². The summed E-state index contributed by atoms with van der Waals surface area (Å²) in [6.07, 6.45) is 0. The summed E-state index contributed by atoms with van der Waals surface area (Å²) in [4.78, 5) is 0. The Morgan fingerprint density at radius 3 is 2.38 bits per heavy atom. The zero-order valence-electron chi connectivity index (χ0n) is 12.4. The van der Waals surface area contributed by atoms with Gasteiger partial charge in [0.05, 0.1) is 13.2 Å². The maximum atomic E-state index is 14.1. The second kappa shape index (κ2) is 6.68. The molecule has 112 valence electrons. The van der Waals surface area contributed by atoms with Crippen molar-refractivity contribution >= 4 is 0 Å². The summed E-state index contributed by atoms with van der Waals surface area (Å²) in [5.74, 6) is -0.409. The summed E-state index contributed by atoms with van der Waals surface area (Å²) >= 11 is 0. The van der Waals surface area contributed by atoms with E-state index in [2.05, 4.69) is 5.32 Å². The van der Waals surface area contributed by atoms with Gasteiger partial charge in [0.25, 0.3) is 0 Å². The molecule has 2 aromatic rings. The topological polar surface area (TPSA) is 21.3 Å². The van der Waals surface area contributed by atoms with Crippen molar-refractivity contribution in [1.29, 1.82) is 0 Å². The van der Waals surface area contributed by atoms with Gasteiger partial charge in [-0.05, 0) is 42.8 Å². The molecule has 0 amide bonds. The van der Waals surface area contributed by atoms with Crippen LogP contribution in [0.2, 0.25) is 0 Å². The van der Waals surface area contributed by atoms with Crippen LogP contribution in [0.1, 0.15) is 29.7 Å². The van der Waals surface area contributed by atoms with Crippen molar-refractivity contribution < 1.29 is 13.5 Å². The highest BCUT2D eigenvalue weighted by Crippen LogP contribution is 2.30. The van der Waals surface area contributed by atoms with E-state index >= 15 is 0 Å². The zero-order valence-corrected chi connectivity index (χ0v) is 12.4. The first-order chi connectivity index (χ1) is 10.1. The zero-order chi connectivity index (χ0) is 15.4. The van der Waals surface area contributed by atoms with Crippen LogP contribution >= 0.6 is 0 Å². The molecule has 0 fully saturated rings. The van der Waals surface area contributed by atoms with E-state index in [-0.39, 0.29) is 5.56 Å². The molecule has 0 aliphatic rings. The molecule has 0 aliphatic heterocycles. The molecule has 0 radical (unpaired) electrons. The van der Waals surface area contributed by atoms with Crippen LogP contribution in [0.4, 0.5) is 8.78 Å². The molecule has 1 N–H and O–H groups in total. The molecule has 0 spiro atoms. The molecule has 0 bridgehead atoms. The fourth-order valence-corrected chi connectivity index (χ4v) is 2.39. The van der Waals surface area contributed by atoms with Gasteiger partial charge in [0.2, 0.25) is 0 Å². The molecule has 0 aliphatic carbocycles. The van der Waals surface area contributed by atoms with Crippen LogP contribution in [0.3, 0.4) is 0 Å². The van der Waals surface area contributed by atoms with Gasteiger partial charge in [0, 0.05) is 5.56 Å². The van der Waals surface area contributed by atoms with Crippen molar-refractivity contribution in [2.75, 3.05) is 13.7 Å². The van der Waals surface area contributed by atoms with Crippen LogP contribution in [-0.2, 0) is 0 Å². The van der Waals surface area contributed by atoms with Crippen molar-refractivity contribution in [3.05, 3.63) is 64.7 Å². The average molecular weight is 291 g/mol. The molecule has 1 atom stereocenters. The molecule has 0 heterocycles. The largest absolute Gasteiger partial charge is 0.496 e. The number of aryl methyl sites for hydroxylation is 1. The minimum atomic E-state index is -0.555. The molecule has 4 heteroatoms. The lowest BCUT2D eigenvalue weighted by atomic mass is 9.96. The maximum Gasteiger partial charge on any atom is 0.131 e. The summed E-state index contributed by atoms with van der Waals surface area (Å²) in [6.45, 7) is 4.42. The average Bonchev–Trinajstić information content (AvgIpc) is 2.47. The van der Waals surface area contributed by atoms with Gasteiger partial charge in [-0.25, -0.2) is 8.78 Å². The van der Waals surface area contributed by atoms with Gasteiger partial charge in [-0.1, -0.05) is 25.1 Å². The van der Waals surface area contributed by atoms with Crippen LogP contribution in [0.5, 0.6) is 5.75 Å². The number of benzene rings is 2. The van der Waals surface area contributed by atoms with Gasteiger partial charge in [0.15, 0.2) is 0 Å². The van der Waals surface area contributed by atoms with Crippen molar-refractivity contribution in [1.82, 2.24) is 5.32 Å². The third-order valence-corrected chi connectivity index (χ3v) is 3.46. The predicted octanol–water partition coefficient (Wildman–Crippen LogP) is 3.98. The number of hydrogen-bond acceptors (Lipinski definition) is 2. The summed E-state index contributed by atoms with van der Waals surface area (Å²) in [5.41, 5.74) is 1.78. The van der Waals surface area contributed by atoms with Gasteiger partial charge in [0.1, 0.15) is 17.4 Å². The maximum absolute atomic E-state index is 14.1. The van der Waals surface area contributed by atoms with Crippen molar-refractivity contribution in [3.63, 3.8) is 0 Å². The normalized spacial score (nSPS) is 12.2. The number of nitrogens with one attached hydrogen (secondary N) is 1. The van der Waals surface area contributed by atoms with E-state index in [1.807, 2.05) is 32.0 Å². The molecule has 0 aromatic heterocycles. The third-order valence-electron chi connectivity index (χ3n) is 3.46. The lowest BCUT2D eigenvalue weighted by Gasteiger charge is -2.21. The summed E-state index contributed by atoms with van der Waals surface area (Å²) in [5, 5.41) is 3.13. The van der Waals surface area contributed by atoms with E-state index in [0.717, 1.165) is 11.1 Å². The van der Waals surface area contributed by atoms with Crippen LogP contribution in [0.25, 0.3) is 0 Å². The monoisotopic (exact) mass is 291 g/mol. The van der Waals surface area contributed by atoms with E-state index < -0.39 is 17.7 Å². The lowest BCUT2D eigenvalue weighted by Crippen LogP contribution is -2.24. The quantitative estimate of drug-likeness (QED) is 0.899. The van der Waals surface area contributed by atoms with Crippen LogP contribution < -0.4 is 10.1 Å². The minimum absolute atomic E-state index is 0.0326. The Morgan fingerprint density at radius 2 is 1.81 bits per heavy atom. The van der Waals surface area contributed by atoms with Crippen molar-refractivity contribution in [2.45, 2.75) is 19.9 Å². The van der Waals surface area contributed by atoms with E-state index in [1.165, 1.54) is 18.2 Å². The summed E-state index contributed by atoms with van der Waals surface area (Å²) < 4.78 is 33.4. The summed E-state index contributed by atoms with van der Waals surface area (Å²) in [7, 11) is 1.58. The number of rotatable bonds is 5. The molecule has 21 heavy (non-hydrogen) atoms. The third kappa shape index (κ3) is 3.22. The highest BCUT2D eigenvalue weighted by atomic mass is 19.1.